The van der Waals surface area contributed by atoms with Crippen LogP contribution in [0.4, 0.5) is 0 Å². The van der Waals surface area contributed by atoms with Gasteiger partial charge in [0, 0.05) is 37.8 Å². The van der Waals surface area contributed by atoms with Crippen LogP contribution in [0.1, 0.15) is 0 Å². The first-order chi connectivity index (χ1) is 27.2. The highest BCUT2D eigenvalue weighted by atomic mass is 31.2. The molecule has 10 aromatic carbocycles. The van der Waals surface area contributed by atoms with Gasteiger partial charge in [-0.1, -0.05) is 182 Å². The van der Waals surface area contributed by atoms with E-state index in [1.165, 1.54) is 16.2 Å². The highest BCUT2D eigenvalue weighted by Crippen LogP contribution is 2.49. The molecule has 0 fully saturated rings. The minimum absolute atomic E-state index is 0.815. The van der Waals surface area contributed by atoms with Gasteiger partial charge in [-0.25, -0.2) is 0 Å². The molecular weight excluding hydrogens is 688 g/mol. The molecule has 0 bridgehead atoms. The lowest BCUT2D eigenvalue weighted by atomic mass is 9.85. The summed E-state index contributed by atoms with van der Waals surface area (Å²) in [6.07, 6.45) is 0. The molecule has 11 aromatic rings. The topological polar surface area (TPSA) is 30.2 Å². The van der Waals surface area contributed by atoms with Crippen LogP contribution < -0.4 is 15.9 Å². The normalized spacial score (nSPS) is 12.1. The van der Waals surface area contributed by atoms with Gasteiger partial charge in [0.05, 0.1) is 0 Å². The van der Waals surface area contributed by atoms with E-state index in [0.29, 0.717) is 0 Å². The van der Waals surface area contributed by atoms with Crippen LogP contribution >= 0.6 is 7.14 Å². The Morgan fingerprint density at radius 2 is 0.818 bits per heavy atom. The molecule has 55 heavy (non-hydrogen) atoms. The average molecular weight is 721 g/mol. The summed E-state index contributed by atoms with van der Waals surface area (Å²) in [6.45, 7) is 0. The summed E-state index contributed by atoms with van der Waals surface area (Å²) in [5.74, 6) is 0. The Balaban J connectivity index is 1.18. The minimum Gasteiger partial charge on any atom is -0.455 e. The fourth-order valence-electron chi connectivity index (χ4n) is 8.79. The second kappa shape index (κ2) is 12.4. The summed E-state index contributed by atoms with van der Waals surface area (Å²) in [4.78, 5) is 0. The van der Waals surface area contributed by atoms with E-state index in [9.17, 15) is 0 Å². The zero-order valence-corrected chi connectivity index (χ0v) is 30.7. The van der Waals surface area contributed by atoms with Crippen molar-refractivity contribution in [1.82, 2.24) is 0 Å². The van der Waals surface area contributed by atoms with Gasteiger partial charge >= 0.3 is 0 Å². The van der Waals surface area contributed by atoms with E-state index >= 15 is 4.57 Å². The van der Waals surface area contributed by atoms with Gasteiger partial charge in [-0.15, -0.1) is 0 Å². The van der Waals surface area contributed by atoms with Crippen LogP contribution in [0.2, 0.25) is 0 Å². The van der Waals surface area contributed by atoms with E-state index < -0.39 is 7.14 Å². The standard InChI is InChI=1S/C52H33O2P/c53-55(38-18-3-1-4-19-38,39-20-5-2-6-21-39)40-29-27-34(28-30-40)49-42-23-11-13-25-44(42)50(45-26-14-12-24-43(45)49)47-32-37-17-9-10-22-41(37)51-46-31-35-15-7-8-16-36(35)33-48(46)54-52(47)51/h1-33H. The predicted molar refractivity (Wildman–Crippen MR) is 234 cm³/mol. The molecule has 0 saturated heterocycles. The Kier molecular flexibility index (Phi) is 7.17. The van der Waals surface area contributed by atoms with Crippen molar-refractivity contribution in [2.45, 2.75) is 0 Å². The fraction of sp³-hybridized carbons (Fsp3) is 0. The van der Waals surface area contributed by atoms with E-state index in [0.717, 1.165) is 87.0 Å². The van der Waals surface area contributed by atoms with E-state index in [1.54, 1.807) is 0 Å². The predicted octanol–water partition coefficient (Wildman–Crippen LogP) is 13.2. The third-order valence-electron chi connectivity index (χ3n) is 11.3. The summed E-state index contributed by atoms with van der Waals surface area (Å²) in [5, 5.41) is 14.1. The van der Waals surface area contributed by atoms with Crippen LogP contribution in [0.3, 0.4) is 0 Å². The van der Waals surface area contributed by atoms with Crippen molar-refractivity contribution >= 4 is 88.1 Å². The molecule has 0 aliphatic heterocycles. The van der Waals surface area contributed by atoms with Crippen LogP contribution in [0.5, 0.6) is 0 Å². The van der Waals surface area contributed by atoms with Gasteiger partial charge in [0.25, 0.3) is 0 Å². The molecule has 258 valence electrons. The minimum atomic E-state index is -3.11. The van der Waals surface area contributed by atoms with E-state index in [2.05, 4.69) is 140 Å². The lowest BCUT2D eigenvalue weighted by Gasteiger charge is -2.21. The molecule has 3 heteroatoms. The maximum atomic E-state index is 15.2. The lowest BCUT2D eigenvalue weighted by molar-refractivity contribution is 0.592. The first-order valence-corrected chi connectivity index (χ1v) is 20.4. The molecular formula is C52H33O2P. The van der Waals surface area contributed by atoms with Crippen LogP contribution in [-0.4, -0.2) is 0 Å². The Labute approximate surface area is 318 Å². The van der Waals surface area contributed by atoms with E-state index in [4.69, 9.17) is 4.42 Å². The quantitative estimate of drug-likeness (QED) is 0.131. The second-order valence-corrected chi connectivity index (χ2v) is 17.1. The van der Waals surface area contributed by atoms with Gasteiger partial charge in [-0.05, 0) is 72.4 Å². The first-order valence-electron chi connectivity index (χ1n) is 18.7. The highest BCUT2D eigenvalue weighted by Gasteiger charge is 2.30. The maximum absolute atomic E-state index is 15.2. The molecule has 0 N–H and O–H groups in total. The van der Waals surface area contributed by atoms with Crippen molar-refractivity contribution < 1.29 is 8.98 Å². The number of hydrogen-bond acceptors (Lipinski definition) is 2. The molecule has 0 saturated carbocycles. The molecule has 0 amide bonds. The Bertz CT molecular complexity index is 3230. The number of furan rings is 1. The summed E-state index contributed by atoms with van der Waals surface area (Å²) >= 11 is 0. The molecule has 0 aliphatic carbocycles. The van der Waals surface area contributed by atoms with Gasteiger partial charge in [0.2, 0.25) is 0 Å². The molecule has 2 nitrogen and oxygen atoms in total. The Hall–Kier alpha value is -6.73. The van der Waals surface area contributed by atoms with Gasteiger partial charge in [0.15, 0.2) is 7.14 Å². The number of rotatable bonds is 5. The maximum Gasteiger partial charge on any atom is 0.171 e. The SMILES string of the molecule is O=P(c1ccccc1)(c1ccccc1)c1ccc(-c2c3ccccc3c(-c3cc4ccccc4c4c3oc3cc5ccccc5cc34)c3ccccc23)cc1. The van der Waals surface area contributed by atoms with Crippen molar-refractivity contribution in [2.24, 2.45) is 0 Å². The van der Waals surface area contributed by atoms with Gasteiger partial charge in [-0.2, -0.15) is 0 Å². The van der Waals surface area contributed by atoms with Crippen molar-refractivity contribution in [3.8, 4) is 22.3 Å². The summed E-state index contributed by atoms with van der Waals surface area (Å²) in [7, 11) is -3.11. The highest BCUT2D eigenvalue weighted by molar-refractivity contribution is 7.85. The summed E-state index contributed by atoms with van der Waals surface area (Å²) in [6, 6.07) is 69.6. The third-order valence-corrected chi connectivity index (χ3v) is 14.4. The number of benzene rings is 10. The third kappa shape index (κ3) is 4.85. The van der Waals surface area contributed by atoms with E-state index in [-0.39, 0.29) is 0 Å². The molecule has 0 unspecified atom stereocenters. The Morgan fingerprint density at radius 1 is 0.364 bits per heavy atom. The number of hydrogen-bond donors (Lipinski definition) is 0. The molecule has 1 heterocycles. The molecule has 0 spiro atoms. The zero-order valence-electron chi connectivity index (χ0n) is 29.8. The smallest absolute Gasteiger partial charge is 0.171 e. The van der Waals surface area contributed by atoms with Crippen molar-refractivity contribution in [1.29, 1.82) is 0 Å². The zero-order chi connectivity index (χ0) is 36.5. The van der Waals surface area contributed by atoms with Crippen LogP contribution in [0.25, 0.3) is 87.3 Å². The Morgan fingerprint density at radius 3 is 1.40 bits per heavy atom. The van der Waals surface area contributed by atoms with Crippen LogP contribution in [0.15, 0.2) is 205 Å². The van der Waals surface area contributed by atoms with E-state index in [1.807, 2.05) is 60.7 Å². The van der Waals surface area contributed by atoms with Crippen molar-refractivity contribution in [2.75, 3.05) is 0 Å². The van der Waals surface area contributed by atoms with Gasteiger partial charge in [0.1, 0.15) is 11.2 Å². The van der Waals surface area contributed by atoms with Gasteiger partial charge < -0.3 is 8.98 Å². The lowest BCUT2D eigenvalue weighted by Crippen LogP contribution is -2.24. The summed E-state index contributed by atoms with van der Waals surface area (Å²) in [5.41, 5.74) is 6.26. The number of fused-ring (bicyclic) bond motifs is 8. The van der Waals surface area contributed by atoms with Crippen molar-refractivity contribution in [3.63, 3.8) is 0 Å². The molecule has 0 atom stereocenters. The molecule has 11 rings (SSSR count). The monoisotopic (exact) mass is 720 g/mol. The second-order valence-electron chi connectivity index (χ2n) is 14.3. The van der Waals surface area contributed by atoms with Gasteiger partial charge in [-0.3, -0.25) is 0 Å². The molecule has 0 radical (unpaired) electrons. The first kappa shape index (κ1) is 31.8. The largest absolute Gasteiger partial charge is 0.455 e. The average Bonchev–Trinajstić information content (AvgIpc) is 3.63. The van der Waals surface area contributed by atoms with Crippen LogP contribution in [-0.2, 0) is 4.57 Å². The molecule has 0 aliphatic rings. The molecule has 1 aromatic heterocycles. The summed E-state index contributed by atoms with van der Waals surface area (Å²) < 4.78 is 22.2. The fourth-order valence-corrected chi connectivity index (χ4v) is 11.4. The van der Waals surface area contributed by atoms with Crippen LogP contribution in [0, 0.1) is 0 Å². The van der Waals surface area contributed by atoms with Crippen molar-refractivity contribution in [3.05, 3.63) is 200 Å².